The van der Waals surface area contributed by atoms with E-state index in [0.29, 0.717) is 0 Å². The molecule has 92 valence electrons. The highest BCUT2D eigenvalue weighted by Gasteiger charge is 2.26. The second-order valence-electron chi connectivity index (χ2n) is 6.30. The lowest BCUT2D eigenvalue weighted by atomic mass is 10.2. The van der Waals surface area contributed by atoms with Crippen LogP contribution in [0.2, 0.25) is 19.6 Å². The normalized spacial score (nSPS) is 12.1. The topological polar surface area (TPSA) is 0 Å². The van der Waals surface area contributed by atoms with E-state index in [1.54, 1.807) is 0 Å². The largest absolute Gasteiger partial charge is 1.00 e. The Kier molecular flexibility index (Phi) is 5.74. The van der Waals surface area contributed by atoms with Crippen LogP contribution in [0, 0.1) is 0 Å². The first kappa shape index (κ1) is 15.7. The fourth-order valence-electron chi connectivity index (χ4n) is 2.42. The van der Waals surface area contributed by atoms with Crippen molar-refractivity contribution in [2.75, 3.05) is 20.3 Å². The third kappa shape index (κ3) is 6.31. The van der Waals surface area contributed by atoms with Crippen molar-refractivity contribution in [2.24, 2.45) is 0 Å². The van der Waals surface area contributed by atoms with Gasteiger partial charge in [0, 0.05) is 5.56 Å². The van der Waals surface area contributed by atoms with E-state index in [-0.39, 0.29) is 12.4 Å². The van der Waals surface area contributed by atoms with E-state index in [2.05, 4.69) is 64.1 Å². The van der Waals surface area contributed by atoms with Crippen LogP contribution in [0.3, 0.4) is 0 Å². The summed E-state index contributed by atoms with van der Waals surface area (Å²) in [5.41, 5.74) is 1.45. The van der Waals surface area contributed by atoms with Gasteiger partial charge in [0.2, 0.25) is 0 Å². The summed E-state index contributed by atoms with van der Waals surface area (Å²) in [6.07, 6.45) is 1.34. The Morgan fingerprint density at radius 1 is 1.00 bits per heavy atom. The SMILES string of the molecule is C[N+](C)(Cc1ccccc1)C[Si](C)(C)C.[Cl-]. The van der Waals surface area contributed by atoms with Crippen molar-refractivity contribution in [1.29, 1.82) is 0 Å². The van der Waals surface area contributed by atoms with Crippen molar-refractivity contribution in [3.05, 3.63) is 35.9 Å². The molecule has 0 aliphatic rings. The lowest BCUT2D eigenvalue weighted by molar-refractivity contribution is -0.894. The molecule has 0 amide bonds. The van der Waals surface area contributed by atoms with Crippen molar-refractivity contribution < 1.29 is 16.9 Å². The van der Waals surface area contributed by atoms with Gasteiger partial charge in [-0.1, -0.05) is 50.0 Å². The Labute approximate surface area is 107 Å². The van der Waals surface area contributed by atoms with Gasteiger partial charge in [0.05, 0.1) is 20.3 Å². The number of quaternary nitrogens is 1. The zero-order chi connectivity index (χ0) is 11.5. The van der Waals surface area contributed by atoms with Crippen molar-refractivity contribution in [3.8, 4) is 0 Å². The molecule has 0 heterocycles. The summed E-state index contributed by atoms with van der Waals surface area (Å²) in [6, 6.07) is 10.8. The Morgan fingerprint density at radius 2 is 1.50 bits per heavy atom. The third-order valence-electron chi connectivity index (χ3n) is 2.36. The first-order chi connectivity index (χ1) is 6.79. The number of hydrogen-bond acceptors (Lipinski definition) is 0. The van der Waals surface area contributed by atoms with Gasteiger partial charge in [-0.25, -0.2) is 0 Å². The Hall–Kier alpha value is -0.313. The van der Waals surface area contributed by atoms with E-state index in [9.17, 15) is 0 Å². The van der Waals surface area contributed by atoms with Crippen LogP contribution in [0.1, 0.15) is 5.56 Å². The molecule has 0 radical (unpaired) electrons. The summed E-state index contributed by atoms with van der Waals surface area (Å²) >= 11 is 0. The van der Waals surface area contributed by atoms with Crippen LogP contribution in [0.25, 0.3) is 0 Å². The van der Waals surface area contributed by atoms with E-state index >= 15 is 0 Å². The minimum absolute atomic E-state index is 0. The molecule has 0 atom stereocenters. The molecular formula is C13H24ClNSi. The van der Waals surface area contributed by atoms with E-state index in [1.807, 2.05) is 0 Å². The molecule has 1 aromatic carbocycles. The number of halogens is 1. The molecule has 1 nitrogen and oxygen atoms in total. The van der Waals surface area contributed by atoms with Crippen LogP contribution >= 0.6 is 0 Å². The molecule has 0 fully saturated rings. The Morgan fingerprint density at radius 3 is 1.94 bits per heavy atom. The van der Waals surface area contributed by atoms with Gasteiger partial charge in [0.15, 0.2) is 0 Å². The first-order valence-electron chi connectivity index (χ1n) is 5.64. The highest BCUT2D eigenvalue weighted by atomic mass is 35.5. The molecule has 0 spiro atoms. The maximum Gasteiger partial charge on any atom is 0.110 e. The Balaban J connectivity index is 0.00000225. The minimum Gasteiger partial charge on any atom is -1.00 e. The van der Waals surface area contributed by atoms with Crippen molar-refractivity contribution in [1.82, 2.24) is 0 Å². The molecule has 3 heteroatoms. The molecule has 0 saturated carbocycles. The molecule has 1 aromatic rings. The van der Waals surface area contributed by atoms with Gasteiger partial charge in [0.25, 0.3) is 0 Å². The van der Waals surface area contributed by atoms with Gasteiger partial charge in [-0.05, 0) is 0 Å². The summed E-state index contributed by atoms with van der Waals surface area (Å²) in [5, 5.41) is 0. The number of nitrogens with zero attached hydrogens (tertiary/aromatic N) is 1. The molecule has 0 unspecified atom stereocenters. The maximum atomic E-state index is 2.44. The smallest absolute Gasteiger partial charge is 0.110 e. The second-order valence-corrected chi connectivity index (χ2v) is 11.7. The zero-order valence-corrected chi connectivity index (χ0v) is 12.9. The molecule has 0 aliphatic carbocycles. The van der Waals surface area contributed by atoms with Gasteiger partial charge in [0.1, 0.15) is 14.6 Å². The van der Waals surface area contributed by atoms with Gasteiger partial charge in [-0.3, -0.25) is 0 Å². The van der Waals surface area contributed by atoms with Crippen LogP contribution in [0.15, 0.2) is 30.3 Å². The van der Waals surface area contributed by atoms with Gasteiger partial charge >= 0.3 is 0 Å². The first-order valence-corrected chi connectivity index (χ1v) is 9.35. The molecule has 0 aliphatic heterocycles. The van der Waals surface area contributed by atoms with Crippen molar-refractivity contribution >= 4 is 8.07 Å². The number of hydrogen-bond donors (Lipinski definition) is 0. The molecule has 1 rings (SSSR count). The predicted octanol–water partition coefficient (Wildman–Crippen LogP) is 0.144. The lowest BCUT2D eigenvalue weighted by Crippen LogP contribution is -3.00. The van der Waals surface area contributed by atoms with Gasteiger partial charge in [-0.2, -0.15) is 0 Å². The highest BCUT2D eigenvalue weighted by molar-refractivity contribution is 6.75. The van der Waals surface area contributed by atoms with Crippen LogP contribution < -0.4 is 12.4 Å². The van der Waals surface area contributed by atoms with Gasteiger partial charge in [-0.15, -0.1) is 0 Å². The van der Waals surface area contributed by atoms with E-state index in [0.717, 1.165) is 11.0 Å². The minimum atomic E-state index is -0.974. The summed E-state index contributed by atoms with van der Waals surface area (Å²) in [6.45, 7) is 8.47. The summed E-state index contributed by atoms with van der Waals surface area (Å²) in [7, 11) is 3.70. The van der Waals surface area contributed by atoms with E-state index in [1.165, 1.54) is 11.7 Å². The number of benzene rings is 1. The Bertz CT molecular complexity index is 303. The molecular weight excluding hydrogens is 234 g/mol. The summed E-state index contributed by atoms with van der Waals surface area (Å²) in [5.74, 6) is 0. The van der Waals surface area contributed by atoms with Crippen molar-refractivity contribution in [2.45, 2.75) is 26.2 Å². The van der Waals surface area contributed by atoms with Gasteiger partial charge < -0.3 is 16.9 Å². The zero-order valence-electron chi connectivity index (χ0n) is 11.1. The van der Waals surface area contributed by atoms with E-state index < -0.39 is 8.07 Å². The average molecular weight is 258 g/mol. The van der Waals surface area contributed by atoms with Crippen molar-refractivity contribution in [3.63, 3.8) is 0 Å². The molecule has 0 saturated heterocycles. The second kappa shape index (κ2) is 5.85. The quantitative estimate of drug-likeness (QED) is 0.532. The monoisotopic (exact) mass is 257 g/mol. The van der Waals surface area contributed by atoms with Crippen LogP contribution in [-0.2, 0) is 6.54 Å². The summed E-state index contributed by atoms with van der Waals surface area (Å²) < 4.78 is 1.11. The van der Waals surface area contributed by atoms with Crippen LogP contribution in [0.5, 0.6) is 0 Å². The fraction of sp³-hybridized carbons (Fsp3) is 0.538. The summed E-state index contributed by atoms with van der Waals surface area (Å²) in [4.78, 5) is 0. The maximum absolute atomic E-state index is 2.44. The van der Waals surface area contributed by atoms with Crippen LogP contribution in [-0.4, -0.2) is 32.8 Å². The van der Waals surface area contributed by atoms with E-state index in [4.69, 9.17) is 0 Å². The highest BCUT2D eigenvalue weighted by Crippen LogP contribution is 2.13. The fourth-order valence-corrected chi connectivity index (χ4v) is 5.10. The molecule has 0 bridgehead atoms. The number of rotatable bonds is 4. The lowest BCUT2D eigenvalue weighted by Gasteiger charge is -2.35. The molecule has 0 aromatic heterocycles. The predicted molar refractivity (Wildman–Crippen MR) is 70.5 cm³/mol. The third-order valence-corrected chi connectivity index (χ3v) is 4.16. The molecule has 0 N–H and O–H groups in total. The standard InChI is InChI=1S/C13H24NSi.ClH/c1-14(2,12-15(3,4)5)11-13-9-7-6-8-10-13;/h6-10H,11-12H2,1-5H3;1H/q+1;/p-1. The van der Waals surface area contributed by atoms with Crippen LogP contribution in [0.4, 0.5) is 0 Å². The molecule has 16 heavy (non-hydrogen) atoms. The average Bonchev–Trinajstić information content (AvgIpc) is 1.99.